The molecule has 0 saturated carbocycles. The number of rotatable bonds is 2. The third-order valence-electron chi connectivity index (χ3n) is 1.88. The Hall–Kier alpha value is -1.71. The molecule has 1 aromatic rings. The SMILES string of the molecule is COc1cccc(C2=NOC(C)O2)c1. The topological polar surface area (TPSA) is 40.0 Å². The summed E-state index contributed by atoms with van der Waals surface area (Å²) in [6.07, 6.45) is -0.309. The Labute approximate surface area is 82.1 Å². The molecular weight excluding hydrogens is 182 g/mol. The van der Waals surface area contributed by atoms with Gasteiger partial charge in [0.25, 0.3) is 12.2 Å². The van der Waals surface area contributed by atoms with Crippen LogP contribution in [0.15, 0.2) is 29.4 Å². The standard InChI is InChI=1S/C10H11NO3/c1-7-13-10(11-14-7)8-4-3-5-9(6-8)12-2/h3-7H,1-2H3. The van der Waals surface area contributed by atoms with Crippen molar-refractivity contribution >= 4 is 5.90 Å². The van der Waals surface area contributed by atoms with E-state index in [4.69, 9.17) is 14.3 Å². The summed E-state index contributed by atoms with van der Waals surface area (Å²) in [6, 6.07) is 7.48. The van der Waals surface area contributed by atoms with Gasteiger partial charge in [-0.2, -0.15) is 0 Å². The van der Waals surface area contributed by atoms with E-state index in [2.05, 4.69) is 5.16 Å². The molecule has 1 aliphatic rings. The third-order valence-corrected chi connectivity index (χ3v) is 1.88. The van der Waals surface area contributed by atoms with Crippen molar-refractivity contribution < 1.29 is 14.3 Å². The van der Waals surface area contributed by atoms with Crippen LogP contribution >= 0.6 is 0 Å². The van der Waals surface area contributed by atoms with Gasteiger partial charge in [-0.3, -0.25) is 0 Å². The molecule has 0 fully saturated rings. The van der Waals surface area contributed by atoms with Crippen molar-refractivity contribution in [3.05, 3.63) is 29.8 Å². The molecule has 74 valence electrons. The molecule has 0 spiro atoms. The zero-order valence-corrected chi connectivity index (χ0v) is 8.06. The van der Waals surface area contributed by atoms with Gasteiger partial charge < -0.3 is 14.3 Å². The van der Waals surface area contributed by atoms with Crippen LogP contribution in [0, 0.1) is 0 Å². The van der Waals surface area contributed by atoms with Gasteiger partial charge in [-0.15, -0.1) is 0 Å². The second-order valence-electron chi connectivity index (χ2n) is 2.92. The van der Waals surface area contributed by atoms with Gasteiger partial charge in [-0.1, -0.05) is 6.07 Å². The van der Waals surface area contributed by atoms with Crippen LogP contribution in [0.1, 0.15) is 12.5 Å². The predicted molar refractivity (Wildman–Crippen MR) is 51.2 cm³/mol. The van der Waals surface area contributed by atoms with Gasteiger partial charge in [0.15, 0.2) is 0 Å². The third kappa shape index (κ3) is 1.64. The highest BCUT2D eigenvalue weighted by atomic mass is 16.8. The number of methoxy groups -OCH3 is 1. The highest BCUT2D eigenvalue weighted by molar-refractivity contribution is 5.94. The van der Waals surface area contributed by atoms with Crippen LogP contribution in [-0.4, -0.2) is 19.3 Å². The lowest BCUT2D eigenvalue weighted by molar-refractivity contribution is -0.0317. The molecule has 0 amide bonds. The first-order chi connectivity index (χ1) is 6.79. The number of hydrogen-bond acceptors (Lipinski definition) is 4. The van der Waals surface area contributed by atoms with E-state index >= 15 is 0 Å². The molecule has 0 bridgehead atoms. The molecule has 0 radical (unpaired) electrons. The van der Waals surface area contributed by atoms with Crippen molar-refractivity contribution in [3.8, 4) is 5.75 Å². The zero-order valence-electron chi connectivity index (χ0n) is 8.06. The van der Waals surface area contributed by atoms with Gasteiger partial charge in [0, 0.05) is 12.5 Å². The van der Waals surface area contributed by atoms with E-state index in [9.17, 15) is 0 Å². The van der Waals surface area contributed by atoms with Gasteiger partial charge in [-0.05, 0) is 23.4 Å². The lowest BCUT2D eigenvalue weighted by Crippen LogP contribution is -2.07. The molecule has 1 atom stereocenters. The molecule has 0 saturated heterocycles. The molecule has 14 heavy (non-hydrogen) atoms. The van der Waals surface area contributed by atoms with Crippen molar-refractivity contribution in [2.24, 2.45) is 5.16 Å². The predicted octanol–water partition coefficient (Wildman–Crippen LogP) is 1.75. The van der Waals surface area contributed by atoms with Crippen LogP contribution in [0.25, 0.3) is 0 Å². The number of ether oxygens (including phenoxy) is 2. The van der Waals surface area contributed by atoms with Crippen LogP contribution in [-0.2, 0) is 9.57 Å². The Morgan fingerprint density at radius 1 is 1.43 bits per heavy atom. The summed E-state index contributed by atoms with van der Waals surface area (Å²) in [6.45, 7) is 1.79. The largest absolute Gasteiger partial charge is 0.497 e. The first-order valence-electron chi connectivity index (χ1n) is 4.34. The summed E-state index contributed by atoms with van der Waals surface area (Å²) in [5.74, 6) is 1.27. The average Bonchev–Trinajstić information content (AvgIpc) is 2.65. The van der Waals surface area contributed by atoms with Crippen molar-refractivity contribution in [2.45, 2.75) is 13.2 Å². The molecule has 4 heteroatoms. The summed E-state index contributed by atoms with van der Waals surface area (Å²) < 4.78 is 10.4. The van der Waals surface area contributed by atoms with E-state index in [-0.39, 0.29) is 6.29 Å². The fourth-order valence-corrected chi connectivity index (χ4v) is 1.20. The van der Waals surface area contributed by atoms with Gasteiger partial charge in [0.1, 0.15) is 5.75 Å². The van der Waals surface area contributed by atoms with Crippen molar-refractivity contribution in [3.63, 3.8) is 0 Å². The Morgan fingerprint density at radius 2 is 2.29 bits per heavy atom. The number of hydrogen-bond donors (Lipinski definition) is 0. The van der Waals surface area contributed by atoms with E-state index < -0.39 is 0 Å². The Balaban J connectivity index is 2.24. The van der Waals surface area contributed by atoms with E-state index in [1.165, 1.54) is 0 Å². The van der Waals surface area contributed by atoms with Gasteiger partial charge >= 0.3 is 0 Å². The molecule has 0 N–H and O–H groups in total. The first kappa shape index (κ1) is 8.87. The second-order valence-corrected chi connectivity index (χ2v) is 2.92. The smallest absolute Gasteiger partial charge is 0.264 e. The summed E-state index contributed by atoms with van der Waals surface area (Å²) in [5, 5.41) is 3.80. The van der Waals surface area contributed by atoms with E-state index in [1.807, 2.05) is 24.3 Å². The number of oxime groups is 1. The molecule has 1 unspecified atom stereocenters. The molecule has 1 aromatic carbocycles. The minimum Gasteiger partial charge on any atom is -0.497 e. The van der Waals surface area contributed by atoms with E-state index in [0.29, 0.717) is 5.90 Å². The fraction of sp³-hybridized carbons (Fsp3) is 0.300. The average molecular weight is 193 g/mol. The molecule has 0 aliphatic carbocycles. The Bertz CT molecular complexity index is 362. The fourth-order valence-electron chi connectivity index (χ4n) is 1.20. The lowest BCUT2D eigenvalue weighted by Gasteiger charge is -2.04. The quantitative estimate of drug-likeness (QED) is 0.718. The summed E-state index contributed by atoms with van der Waals surface area (Å²) in [5.41, 5.74) is 0.855. The Kier molecular flexibility index (Phi) is 2.26. The van der Waals surface area contributed by atoms with Crippen LogP contribution in [0.3, 0.4) is 0 Å². The number of nitrogens with zero attached hydrogens (tertiary/aromatic N) is 1. The van der Waals surface area contributed by atoms with Gasteiger partial charge in [0.05, 0.1) is 7.11 Å². The summed E-state index contributed by atoms with van der Waals surface area (Å²) in [7, 11) is 1.62. The Morgan fingerprint density at radius 3 is 2.93 bits per heavy atom. The van der Waals surface area contributed by atoms with E-state index in [0.717, 1.165) is 11.3 Å². The zero-order chi connectivity index (χ0) is 9.97. The summed E-state index contributed by atoms with van der Waals surface area (Å²) >= 11 is 0. The molecule has 1 heterocycles. The maximum Gasteiger partial charge on any atom is 0.264 e. The van der Waals surface area contributed by atoms with Crippen LogP contribution < -0.4 is 4.74 Å². The van der Waals surface area contributed by atoms with Gasteiger partial charge in [-0.25, -0.2) is 0 Å². The minimum absolute atomic E-state index is 0.309. The first-order valence-corrected chi connectivity index (χ1v) is 4.34. The highest BCUT2D eigenvalue weighted by Crippen LogP contribution is 2.17. The molecular formula is C10H11NO3. The number of benzene rings is 1. The maximum absolute atomic E-state index is 5.32. The van der Waals surface area contributed by atoms with Crippen molar-refractivity contribution in [1.29, 1.82) is 0 Å². The molecule has 1 aliphatic heterocycles. The normalized spacial score (nSPS) is 19.6. The van der Waals surface area contributed by atoms with Crippen molar-refractivity contribution in [1.82, 2.24) is 0 Å². The molecule has 0 aromatic heterocycles. The van der Waals surface area contributed by atoms with Crippen LogP contribution in [0.5, 0.6) is 5.75 Å². The second kappa shape index (κ2) is 3.57. The van der Waals surface area contributed by atoms with Crippen LogP contribution in [0.4, 0.5) is 0 Å². The lowest BCUT2D eigenvalue weighted by atomic mass is 10.2. The maximum atomic E-state index is 5.32. The van der Waals surface area contributed by atoms with Crippen molar-refractivity contribution in [2.75, 3.05) is 7.11 Å². The molecule has 4 nitrogen and oxygen atoms in total. The minimum atomic E-state index is -0.309. The highest BCUT2D eigenvalue weighted by Gasteiger charge is 2.18. The van der Waals surface area contributed by atoms with E-state index in [1.54, 1.807) is 14.0 Å². The van der Waals surface area contributed by atoms with Gasteiger partial charge in [0.2, 0.25) is 0 Å². The monoisotopic (exact) mass is 193 g/mol. The molecule has 2 rings (SSSR count). The van der Waals surface area contributed by atoms with Crippen LogP contribution in [0.2, 0.25) is 0 Å². The summed E-state index contributed by atoms with van der Waals surface area (Å²) in [4.78, 5) is 4.92.